The van der Waals surface area contributed by atoms with Crippen molar-refractivity contribution in [2.24, 2.45) is 0 Å². The van der Waals surface area contributed by atoms with Crippen molar-refractivity contribution in [2.75, 3.05) is 7.11 Å². The third-order valence-electron chi connectivity index (χ3n) is 2.28. The van der Waals surface area contributed by atoms with Gasteiger partial charge >= 0.3 is 5.97 Å². The molecule has 0 aliphatic carbocycles. The molecule has 1 aromatic rings. The number of hydrogen-bond acceptors (Lipinski definition) is 3. The van der Waals surface area contributed by atoms with E-state index in [2.05, 4.69) is 11.3 Å². The quantitative estimate of drug-likeness (QED) is 0.651. The van der Waals surface area contributed by atoms with Crippen molar-refractivity contribution in [2.45, 2.75) is 12.0 Å². The molecule has 1 N–H and O–H groups in total. The van der Waals surface area contributed by atoms with Gasteiger partial charge in [-0.2, -0.15) is 8.78 Å². The number of alkyl halides is 2. The van der Waals surface area contributed by atoms with Crippen LogP contribution in [0.2, 0.25) is 0 Å². The van der Waals surface area contributed by atoms with E-state index < -0.39 is 18.0 Å². The van der Waals surface area contributed by atoms with Gasteiger partial charge in [0.05, 0.1) is 12.7 Å². The van der Waals surface area contributed by atoms with E-state index in [1.54, 1.807) is 0 Å². The number of ether oxygens (including phenoxy) is 1. The number of carbonyl (C=O) groups is 1. The molecule has 0 saturated heterocycles. The van der Waals surface area contributed by atoms with E-state index in [-0.39, 0.29) is 11.1 Å². The van der Waals surface area contributed by atoms with Crippen molar-refractivity contribution in [1.82, 2.24) is 0 Å². The van der Waals surface area contributed by atoms with Gasteiger partial charge in [-0.05, 0) is 23.8 Å². The Morgan fingerprint density at radius 2 is 2.00 bits per heavy atom. The van der Waals surface area contributed by atoms with E-state index in [0.717, 1.165) is 0 Å². The van der Waals surface area contributed by atoms with E-state index in [4.69, 9.17) is 0 Å². The maximum absolute atomic E-state index is 13.1. The number of aliphatic hydroxyl groups excluding tert-OH is 1. The van der Waals surface area contributed by atoms with Gasteiger partial charge in [0.2, 0.25) is 0 Å². The molecule has 1 rings (SSSR count). The standard InChI is InChI=1S/C12H12F2O3/c1-3-12(13,14)10(15)8-4-6-9(7-5-8)11(16)17-2/h3-7,10,15H,1H2,2H3/t10-/m1/s1. The summed E-state index contributed by atoms with van der Waals surface area (Å²) in [7, 11) is 1.22. The molecule has 1 atom stereocenters. The number of methoxy groups -OCH3 is 1. The molecule has 0 heterocycles. The number of carbonyl (C=O) groups excluding carboxylic acids is 1. The Hall–Kier alpha value is -1.75. The summed E-state index contributed by atoms with van der Waals surface area (Å²) in [6, 6.07) is 5.11. The topological polar surface area (TPSA) is 46.5 Å². The Labute approximate surface area is 97.3 Å². The molecule has 0 spiro atoms. The van der Waals surface area contributed by atoms with Gasteiger partial charge in [-0.3, -0.25) is 0 Å². The van der Waals surface area contributed by atoms with E-state index in [1.165, 1.54) is 31.4 Å². The molecular weight excluding hydrogens is 230 g/mol. The van der Waals surface area contributed by atoms with Crippen molar-refractivity contribution in [3.8, 4) is 0 Å². The number of esters is 1. The molecule has 17 heavy (non-hydrogen) atoms. The molecule has 0 radical (unpaired) electrons. The van der Waals surface area contributed by atoms with E-state index >= 15 is 0 Å². The maximum atomic E-state index is 13.1. The zero-order chi connectivity index (χ0) is 13.1. The fourth-order valence-corrected chi connectivity index (χ4v) is 1.25. The minimum atomic E-state index is -3.41. The number of aliphatic hydroxyl groups is 1. The van der Waals surface area contributed by atoms with Gasteiger partial charge in [0.15, 0.2) is 0 Å². The van der Waals surface area contributed by atoms with Gasteiger partial charge < -0.3 is 9.84 Å². The highest BCUT2D eigenvalue weighted by Gasteiger charge is 2.35. The molecule has 0 saturated carbocycles. The van der Waals surface area contributed by atoms with Crippen LogP contribution in [0.3, 0.4) is 0 Å². The van der Waals surface area contributed by atoms with Crippen molar-refractivity contribution >= 4 is 5.97 Å². The summed E-state index contributed by atoms with van der Waals surface area (Å²) in [4.78, 5) is 11.1. The number of hydrogen-bond donors (Lipinski definition) is 1. The number of halogens is 2. The van der Waals surface area contributed by atoms with Crippen LogP contribution in [0.5, 0.6) is 0 Å². The van der Waals surface area contributed by atoms with E-state index in [1.807, 2.05) is 0 Å². The lowest BCUT2D eigenvalue weighted by Gasteiger charge is -2.19. The van der Waals surface area contributed by atoms with Crippen LogP contribution in [0.4, 0.5) is 8.78 Å². The van der Waals surface area contributed by atoms with Gasteiger partial charge in [-0.1, -0.05) is 18.7 Å². The second kappa shape index (κ2) is 5.05. The van der Waals surface area contributed by atoms with Crippen molar-refractivity contribution < 1.29 is 23.4 Å². The molecule has 0 fully saturated rings. The first-order chi connectivity index (χ1) is 7.92. The minimum absolute atomic E-state index is 0.00236. The third-order valence-corrected chi connectivity index (χ3v) is 2.28. The summed E-state index contributed by atoms with van der Waals surface area (Å²) >= 11 is 0. The zero-order valence-electron chi connectivity index (χ0n) is 9.19. The van der Waals surface area contributed by atoms with Crippen molar-refractivity contribution in [3.05, 3.63) is 48.0 Å². The first-order valence-electron chi connectivity index (χ1n) is 4.80. The summed E-state index contributed by atoms with van der Waals surface area (Å²) in [5.41, 5.74) is 0.230. The fraction of sp³-hybridized carbons (Fsp3) is 0.250. The average molecular weight is 242 g/mol. The molecule has 0 unspecified atom stereocenters. The van der Waals surface area contributed by atoms with Gasteiger partial charge in [-0.15, -0.1) is 0 Å². The normalized spacial score (nSPS) is 12.9. The van der Waals surface area contributed by atoms with Crippen LogP contribution in [-0.2, 0) is 4.74 Å². The monoisotopic (exact) mass is 242 g/mol. The lowest BCUT2D eigenvalue weighted by molar-refractivity contribution is -0.0712. The van der Waals surface area contributed by atoms with Crippen LogP contribution in [0, 0.1) is 0 Å². The summed E-state index contributed by atoms with van der Waals surface area (Å²) in [5.74, 6) is -3.98. The van der Waals surface area contributed by atoms with Crippen LogP contribution in [0.15, 0.2) is 36.9 Å². The first kappa shape index (κ1) is 13.3. The van der Waals surface area contributed by atoms with Gasteiger partial charge in [0.1, 0.15) is 6.10 Å². The Balaban J connectivity index is 2.95. The second-order valence-corrected chi connectivity index (χ2v) is 3.39. The van der Waals surface area contributed by atoms with E-state index in [9.17, 15) is 18.7 Å². The van der Waals surface area contributed by atoms with Crippen LogP contribution in [0.1, 0.15) is 22.0 Å². The molecule has 0 bridgehead atoms. The van der Waals surface area contributed by atoms with Crippen LogP contribution < -0.4 is 0 Å². The van der Waals surface area contributed by atoms with E-state index in [0.29, 0.717) is 6.08 Å². The van der Waals surface area contributed by atoms with Gasteiger partial charge in [0.25, 0.3) is 5.92 Å². The lowest BCUT2D eigenvalue weighted by Crippen LogP contribution is -2.23. The van der Waals surface area contributed by atoms with Crippen LogP contribution >= 0.6 is 0 Å². The second-order valence-electron chi connectivity index (χ2n) is 3.39. The molecule has 3 nitrogen and oxygen atoms in total. The Morgan fingerprint density at radius 3 is 2.41 bits per heavy atom. The van der Waals surface area contributed by atoms with Crippen molar-refractivity contribution in [1.29, 1.82) is 0 Å². The summed E-state index contributed by atoms with van der Waals surface area (Å²) in [6.07, 6.45) is -1.60. The van der Waals surface area contributed by atoms with Crippen molar-refractivity contribution in [3.63, 3.8) is 0 Å². The summed E-state index contributed by atoms with van der Waals surface area (Å²) in [6.45, 7) is 2.95. The smallest absolute Gasteiger partial charge is 0.337 e. The Bertz CT molecular complexity index is 412. The largest absolute Gasteiger partial charge is 0.465 e. The summed E-state index contributed by atoms with van der Waals surface area (Å²) < 4.78 is 30.7. The molecule has 0 amide bonds. The molecule has 5 heteroatoms. The predicted molar refractivity (Wildman–Crippen MR) is 57.9 cm³/mol. The highest BCUT2D eigenvalue weighted by molar-refractivity contribution is 5.89. The molecular formula is C12H12F2O3. The SMILES string of the molecule is C=CC(F)(F)[C@H](O)c1ccc(C(=O)OC)cc1. The molecule has 0 aliphatic rings. The molecule has 92 valence electrons. The molecule has 0 aliphatic heterocycles. The highest BCUT2D eigenvalue weighted by atomic mass is 19.3. The van der Waals surface area contributed by atoms with Crippen LogP contribution in [0.25, 0.3) is 0 Å². The van der Waals surface area contributed by atoms with Gasteiger partial charge in [-0.25, -0.2) is 4.79 Å². The highest BCUT2D eigenvalue weighted by Crippen LogP contribution is 2.32. The Morgan fingerprint density at radius 1 is 1.47 bits per heavy atom. The molecule has 1 aromatic carbocycles. The van der Waals surface area contributed by atoms with Crippen LogP contribution in [-0.4, -0.2) is 24.1 Å². The Kier molecular flexibility index (Phi) is 3.96. The number of rotatable bonds is 4. The average Bonchev–Trinajstić information content (AvgIpc) is 2.37. The first-order valence-corrected chi connectivity index (χ1v) is 4.80. The molecule has 0 aromatic heterocycles. The summed E-state index contributed by atoms with van der Waals surface area (Å²) in [5, 5.41) is 9.40. The maximum Gasteiger partial charge on any atom is 0.337 e. The van der Waals surface area contributed by atoms with Gasteiger partial charge in [0, 0.05) is 0 Å². The zero-order valence-corrected chi connectivity index (χ0v) is 9.19. The fourth-order valence-electron chi connectivity index (χ4n) is 1.25. The minimum Gasteiger partial charge on any atom is -0.465 e. The number of benzene rings is 1. The lowest BCUT2D eigenvalue weighted by atomic mass is 10.0. The third kappa shape index (κ3) is 2.88. The predicted octanol–water partition coefficient (Wildman–Crippen LogP) is 2.33.